The minimum absolute atomic E-state index is 0.0723. The van der Waals surface area contributed by atoms with Crippen LogP contribution in [0, 0.1) is 0 Å². The summed E-state index contributed by atoms with van der Waals surface area (Å²) in [5.41, 5.74) is 2.41. The van der Waals surface area contributed by atoms with Gasteiger partial charge in [-0.25, -0.2) is 0 Å². The number of hydrogen-bond donors (Lipinski definition) is 1. The summed E-state index contributed by atoms with van der Waals surface area (Å²) in [4.78, 5) is 28.2. The van der Waals surface area contributed by atoms with E-state index in [1.165, 1.54) is 23.3 Å². The zero-order valence-electron chi connectivity index (χ0n) is 18.1. The van der Waals surface area contributed by atoms with Crippen molar-refractivity contribution >= 4 is 23.2 Å². The van der Waals surface area contributed by atoms with Gasteiger partial charge in [-0.1, -0.05) is 50.2 Å². The summed E-state index contributed by atoms with van der Waals surface area (Å²) in [6.07, 6.45) is -4.86. The Hall–Kier alpha value is -2.87. The van der Waals surface area contributed by atoms with Crippen LogP contribution >= 0.6 is 0 Å². The summed E-state index contributed by atoms with van der Waals surface area (Å²) < 4.78 is 41.9. The van der Waals surface area contributed by atoms with Gasteiger partial charge in [0.1, 0.15) is 6.04 Å². The molecule has 0 saturated carbocycles. The number of para-hydroxylation sites is 2. The van der Waals surface area contributed by atoms with Gasteiger partial charge in [0.05, 0.1) is 24.3 Å². The number of hydrogen-bond acceptors (Lipinski definition) is 3. The second-order valence-electron chi connectivity index (χ2n) is 9.09. The molecule has 0 spiro atoms. The minimum atomic E-state index is -4.74. The van der Waals surface area contributed by atoms with Crippen LogP contribution in [0.25, 0.3) is 0 Å². The lowest BCUT2D eigenvalue weighted by atomic mass is 9.82. The Balaban J connectivity index is 1.64. The van der Waals surface area contributed by atoms with Gasteiger partial charge in [0, 0.05) is 18.5 Å². The Labute approximate surface area is 185 Å². The molecule has 170 valence electrons. The highest BCUT2D eigenvalue weighted by atomic mass is 19.4. The van der Waals surface area contributed by atoms with Gasteiger partial charge in [-0.3, -0.25) is 19.4 Å². The number of nitrogens with zero attached hydrogens (tertiary/aromatic N) is 2. The second kappa shape index (κ2) is 8.24. The largest absolute Gasteiger partial charge is 0.409 e. The number of carbonyl (C=O) groups is 2. The van der Waals surface area contributed by atoms with Crippen LogP contribution in [0.15, 0.2) is 48.5 Å². The molecule has 8 heteroatoms. The molecule has 2 aromatic carbocycles. The Kier molecular flexibility index (Phi) is 5.75. The summed E-state index contributed by atoms with van der Waals surface area (Å²) in [5.74, 6) is -1.43. The van der Waals surface area contributed by atoms with Crippen molar-refractivity contribution in [3.8, 4) is 0 Å². The quantitative estimate of drug-likeness (QED) is 0.757. The lowest BCUT2D eigenvalue weighted by Gasteiger charge is -2.35. The van der Waals surface area contributed by atoms with Crippen molar-refractivity contribution in [1.82, 2.24) is 4.90 Å². The molecule has 0 aromatic heterocycles. The highest BCUT2D eigenvalue weighted by Gasteiger charge is 2.49. The number of halogens is 3. The van der Waals surface area contributed by atoms with Gasteiger partial charge in [-0.15, -0.1) is 0 Å². The Bertz CT molecular complexity index is 1040. The number of anilines is 2. The van der Waals surface area contributed by atoms with Gasteiger partial charge in [0.15, 0.2) is 0 Å². The summed E-state index contributed by atoms with van der Waals surface area (Å²) in [7, 11) is 0. The van der Waals surface area contributed by atoms with Crippen LogP contribution in [0.3, 0.4) is 0 Å². The zero-order valence-corrected chi connectivity index (χ0v) is 18.1. The summed E-state index contributed by atoms with van der Waals surface area (Å²) in [6, 6.07) is 12.0. The first kappa shape index (κ1) is 22.3. The molecule has 1 N–H and O–H groups in total. The van der Waals surface area contributed by atoms with Crippen LogP contribution in [-0.2, 0) is 21.4 Å². The van der Waals surface area contributed by atoms with Crippen LogP contribution in [0.1, 0.15) is 31.4 Å². The SMILES string of the molecule is CC1(C)CN(CC(=O)N2c3ccccc3NC(=O)CC2C(F)(F)F)CCc2ccccc21. The predicted molar refractivity (Wildman–Crippen MR) is 117 cm³/mol. The standard InChI is InChI=1S/C24H26F3N3O2/c1-23(2)15-29(12-11-16-7-3-4-8-17(16)23)14-22(32)30-19-10-6-5-9-18(19)28-21(31)13-20(30)24(25,26)27/h3-10,20H,11-15H2,1-2H3,(H,28,31). The highest BCUT2D eigenvalue weighted by molar-refractivity contribution is 6.05. The van der Waals surface area contributed by atoms with Crippen molar-refractivity contribution in [2.24, 2.45) is 0 Å². The normalized spacial score (nSPS) is 21.1. The monoisotopic (exact) mass is 445 g/mol. The Morgan fingerprint density at radius 3 is 2.56 bits per heavy atom. The molecule has 2 aliphatic rings. The minimum Gasteiger partial charge on any atom is -0.324 e. The average molecular weight is 445 g/mol. The van der Waals surface area contributed by atoms with E-state index in [9.17, 15) is 22.8 Å². The summed E-state index contributed by atoms with van der Waals surface area (Å²) >= 11 is 0. The molecule has 5 nitrogen and oxygen atoms in total. The molecule has 0 bridgehead atoms. The molecule has 32 heavy (non-hydrogen) atoms. The molecule has 4 rings (SSSR count). The third-order valence-corrected chi connectivity index (χ3v) is 6.20. The van der Waals surface area contributed by atoms with E-state index in [0.717, 1.165) is 4.90 Å². The lowest BCUT2D eigenvalue weighted by Crippen LogP contribution is -2.53. The van der Waals surface area contributed by atoms with Gasteiger partial charge < -0.3 is 5.32 Å². The maximum absolute atomic E-state index is 14.0. The molecule has 0 radical (unpaired) electrons. The molecule has 2 aliphatic heterocycles. The fraction of sp³-hybridized carbons (Fsp3) is 0.417. The topological polar surface area (TPSA) is 52.7 Å². The van der Waals surface area contributed by atoms with Gasteiger partial charge in [0.2, 0.25) is 11.8 Å². The van der Waals surface area contributed by atoms with Gasteiger partial charge in [-0.2, -0.15) is 13.2 Å². The number of benzene rings is 2. The highest BCUT2D eigenvalue weighted by Crippen LogP contribution is 2.38. The molecule has 1 unspecified atom stereocenters. The van der Waals surface area contributed by atoms with E-state index in [0.29, 0.717) is 19.5 Å². The van der Waals surface area contributed by atoms with Crippen molar-refractivity contribution < 1.29 is 22.8 Å². The predicted octanol–water partition coefficient (Wildman–Crippen LogP) is 4.13. The number of fused-ring (bicyclic) bond motifs is 2. The van der Waals surface area contributed by atoms with E-state index in [2.05, 4.69) is 31.3 Å². The van der Waals surface area contributed by atoms with Gasteiger partial charge in [-0.05, 0) is 29.7 Å². The molecule has 2 aromatic rings. The molecule has 2 heterocycles. The molecule has 0 saturated heterocycles. The van der Waals surface area contributed by atoms with Crippen LogP contribution in [0.5, 0.6) is 0 Å². The van der Waals surface area contributed by atoms with E-state index in [1.807, 2.05) is 17.0 Å². The van der Waals surface area contributed by atoms with Crippen molar-refractivity contribution in [2.75, 3.05) is 29.9 Å². The molecular weight excluding hydrogens is 419 g/mol. The molecule has 1 atom stereocenters. The number of nitrogens with one attached hydrogen (secondary N) is 1. The first-order chi connectivity index (χ1) is 15.1. The maximum Gasteiger partial charge on any atom is 0.409 e. The zero-order chi connectivity index (χ0) is 23.1. The first-order valence-corrected chi connectivity index (χ1v) is 10.6. The van der Waals surface area contributed by atoms with E-state index in [1.54, 1.807) is 12.1 Å². The number of carbonyl (C=O) groups excluding carboxylic acids is 2. The van der Waals surface area contributed by atoms with E-state index >= 15 is 0 Å². The van der Waals surface area contributed by atoms with Crippen molar-refractivity contribution in [2.45, 2.75) is 44.3 Å². The van der Waals surface area contributed by atoms with Crippen LogP contribution in [0.2, 0.25) is 0 Å². The lowest BCUT2D eigenvalue weighted by molar-refractivity contribution is -0.158. The second-order valence-corrected chi connectivity index (χ2v) is 9.09. The van der Waals surface area contributed by atoms with Crippen LogP contribution in [-0.4, -0.2) is 48.6 Å². The summed E-state index contributed by atoms with van der Waals surface area (Å²) in [6.45, 7) is 5.11. The number of amides is 2. The van der Waals surface area contributed by atoms with Gasteiger partial charge >= 0.3 is 6.18 Å². The van der Waals surface area contributed by atoms with Gasteiger partial charge in [0.25, 0.3) is 0 Å². The smallest absolute Gasteiger partial charge is 0.324 e. The van der Waals surface area contributed by atoms with Crippen LogP contribution < -0.4 is 10.2 Å². The molecule has 2 amide bonds. The molecule has 0 aliphatic carbocycles. The van der Waals surface area contributed by atoms with Crippen molar-refractivity contribution in [1.29, 1.82) is 0 Å². The van der Waals surface area contributed by atoms with Crippen molar-refractivity contribution in [3.05, 3.63) is 59.7 Å². The van der Waals surface area contributed by atoms with E-state index in [-0.39, 0.29) is 23.3 Å². The Morgan fingerprint density at radius 1 is 1.12 bits per heavy atom. The fourth-order valence-corrected chi connectivity index (χ4v) is 4.80. The fourth-order valence-electron chi connectivity index (χ4n) is 4.80. The maximum atomic E-state index is 14.0. The van der Waals surface area contributed by atoms with E-state index < -0.39 is 30.5 Å². The Morgan fingerprint density at radius 2 is 1.81 bits per heavy atom. The third kappa shape index (κ3) is 4.37. The first-order valence-electron chi connectivity index (χ1n) is 10.6. The number of alkyl halides is 3. The molecule has 0 fully saturated rings. The van der Waals surface area contributed by atoms with Crippen molar-refractivity contribution in [3.63, 3.8) is 0 Å². The number of rotatable bonds is 2. The average Bonchev–Trinajstić information content (AvgIpc) is 2.95. The van der Waals surface area contributed by atoms with Crippen LogP contribution in [0.4, 0.5) is 24.5 Å². The van der Waals surface area contributed by atoms with E-state index in [4.69, 9.17) is 0 Å². The summed E-state index contributed by atoms with van der Waals surface area (Å²) in [5, 5.41) is 2.50. The molecular formula is C24H26F3N3O2. The third-order valence-electron chi connectivity index (χ3n) is 6.20.